The number of imidazole rings is 1. The van der Waals surface area contributed by atoms with Crippen LogP contribution in [0.5, 0.6) is 0 Å². The van der Waals surface area contributed by atoms with Gasteiger partial charge in [0.1, 0.15) is 0 Å². The molecule has 1 aliphatic rings. The first-order chi connectivity index (χ1) is 9.29. The summed E-state index contributed by atoms with van der Waals surface area (Å²) in [5.41, 5.74) is 2.27. The molecule has 1 N–H and O–H groups in total. The molecule has 0 radical (unpaired) electrons. The predicted molar refractivity (Wildman–Crippen MR) is 74.4 cm³/mol. The van der Waals surface area contributed by atoms with Gasteiger partial charge in [0.05, 0.1) is 6.04 Å². The van der Waals surface area contributed by atoms with Crippen LogP contribution in [0.15, 0.2) is 36.7 Å². The van der Waals surface area contributed by atoms with E-state index in [0.29, 0.717) is 5.82 Å². The van der Waals surface area contributed by atoms with Gasteiger partial charge in [-0.15, -0.1) is 0 Å². The predicted octanol–water partition coefficient (Wildman–Crippen LogP) is 2.51. The van der Waals surface area contributed by atoms with E-state index < -0.39 is 0 Å². The van der Waals surface area contributed by atoms with Gasteiger partial charge in [0.25, 0.3) is 0 Å². The molecular weight excluding hydrogens is 238 g/mol. The Morgan fingerprint density at radius 3 is 3.11 bits per heavy atom. The Hall–Kier alpha value is -2.10. The average Bonchev–Trinajstić information content (AvgIpc) is 3.04. The SMILES string of the molecule is CCCn1ccnc1C(=O)C1Cc2ccccc2N1. The van der Waals surface area contributed by atoms with Crippen LogP contribution in [0.4, 0.5) is 5.69 Å². The Morgan fingerprint density at radius 2 is 2.32 bits per heavy atom. The minimum Gasteiger partial charge on any atom is -0.374 e. The number of rotatable bonds is 4. The van der Waals surface area contributed by atoms with Gasteiger partial charge in [-0.05, 0) is 18.1 Å². The maximum Gasteiger partial charge on any atom is 0.220 e. The van der Waals surface area contributed by atoms with Crippen LogP contribution in [-0.4, -0.2) is 21.4 Å². The number of nitrogens with one attached hydrogen (secondary N) is 1. The molecule has 0 fully saturated rings. The summed E-state index contributed by atoms with van der Waals surface area (Å²) in [5, 5.41) is 3.29. The summed E-state index contributed by atoms with van der Waals surface area (Å²) in [6, 6.07) is 7.88. The molecule has 0 spiro atoms. The summed E-state index contributed by atoms with van der Waals surface area (Å²) in [4.78, 5) is 16.7. The molecule has 0 saturated carbocycles. The summed E-state index contributed by atoms with van der Waals surface area (Å²) in [6.45, 7) is 2.93. The van der Waals surface area contributed by atoms with Crippen LogP contribution in [0.2, 0.25) is 0 Å². The molecular formula is C15H17N3O. The smallest absolute Gasteiger partial charge is 0.220 e. The number of fused-ring (bicyclic) bond motifs is 1. The van der Waals surface area contributed by atoms with Crippen molar-refractivity contribution < 1.29 is 4.79 Å². The molecule has 1 aromatic carbocycles. The van der Waals surface area contributed by atoms with Crippen molar-refractivity contribution in [2.75, 3.05) is 5.32 Å². The van der Waals surface area contributed by atoms with E-state index in [2.05, 4.69) is 23.3 Å². The number of hydrogen-bond acceptors (Lipinski definition) is 3. The molecule has 0 saturated heterocycles. The van der Waals surface area contributed by atoms with Crippen LogP contribution < -0.4 is 5.32 Å². The number of hydrogen-bond donors (Lipinski definition) is 1. The van der Waals surface area contributed by atoms with Crippen LogP contribution in [-0.2, 0) is 13.0 Å². The second-order valence-electron chi connectivity index (χ2n) is 4.87. The first kappa shape index (κ1) is 12.0. The molecule has 4 nitrogen and oxygen atoms in total. The molecule has 2 heterocycles. The van der Waals surface area contributed by atoms with Crippen LogP contribution in [0.1, 0.15) is 29.5 Å². The van der Waals surface area contributed by atoms with Gasteiger partial charge in [-0.25, -0.2) is 4.98 Å². The second-order valence-corrected chi connectivity index (χ2v) is 4.87. The number of para-hydroxylation sites is 1. The van der Waals surface area contributed by atoms with E-state index in [1.54, 1.807) is 6.20 Å². The topological polar surface area (TPSA) is 46.9 Å². The van der Waals surface area contributed by atoms with Gasteiger partial charge in [-0.3, -0.25) is 4.79 Å². The standard InChI is InChI=1S/C15H17N3O/c1-2-8-18-9-7-16-15(18)14(19)13-10-11-5-3-4-6-12(11)17-13/h3-7,9,13,17H,2,8,10H2,1H3. The Kier molecular flexibility index (Phi) is 3.07. The molecule has 1 unspecified atom stereocenters. The Bertz CT molecular complexity index is 578. The summed E-state index contributed by atoms with van der Waals surface area (Å²) < 4.78 is 1.94. The zero-order valence-electron chi connectivity index (χ0n) is 11.0. The van der Waals surface area contributed by atoms with Crippen molar-refractivity contribution >= 4 is 11.5 Å². The maximum atomic E-state index is 12.5. The number of ketones is 1. The van der Waals surface area contributed by atoms with E-state index >= 15 is 0 Å². The van der Waals surface area contributed by atoms with Crippen molar-refractivity contribution in [3.8, 4) is 0 Å². The fraction of sp³-hybridized carbons (Fsp3) is 0.333. The van der Waals surface area contributed by atoms with Crippen molar-refractivity contribution in [3.05, 3.63) is 48.0 Å². The third-order valence-corrected chi connectivity index (χ3v) is 3.49. The minimum atomic E-state index is -0.185. The highest BCUT2D eigenvalue weighted by Gasteiger charge is 2.29. The maximum absolute atomic E-state index is 12.5. The summed E-state index contributed by atoms with van der Waals surface area (Å²) >= 11 is 0. The quantitative estimate of drug-likeness (QED) is 0.854. The van der Waals surface area contributed by atoms with Crippen LogP contribution in [0, 0.1) is 0 Å². The van der Waals surface area contributed by atoms with Gasteiger partial charge in [0.15, 0.2) is 5.82 Å². The third kappa shape index (κ3) is 2.14. The zero-order chi connectivity index (χ0) is 13.2. The number of anilines is 1. The second kappa shape index (κ2) is 4.88. The highest BCUT2D eigenvalue weighted by molar-refractivity contribution is 6.00. The lowest BCUT2D eigenvalue weighted by Crippen LogP contribution is -2.29. The van der Waals surface area contributed by atoms with Crippen molar-refractivity contribution in [1.29, 1.82) is 0 Å². The molecule has 3 rings (SSSR count). The number of carbonyl (C=O) groups excluding carboxylic acids is 1. The third-order valence-electron chi connectivity index (χ3n) is 3.49. The van der Waals surface area contributed by atoms with Crippen molar-refractivity contribution in [3.63, 3.8) is 0 Å². The molecule has 1 aliphatic heterocycles. The average molecular weight is 255 g/mol. The minimum absolute atomic E-state index is 0.0784. The van der Waals surface area contributed by atoms with E-state index in [1.807, 2.05) is 29.0 Å². The molecule has 0 bridgehead atoms. The van der Waals surface area contributed by atoms with Crippen molar-refractivity contribution in [1.82, 2.24) is 9.55 Å². The van der Waals surface area contributed by atoms with Gasteiger partial charge in [0.2, 0.25) is 5.78 Å². The Labute approximate surface area is 112 Å². The first-order valence-corrected chi connectivity index (χ1v) is 6.69. The molecule has 1 aromatic heterocycles. The van der Waals surface area contributed by atoms with E-state index in [4.69, 9.17) is 0 Å². The number of carbonyl (C=O) groups is 1. The van der Waals surface area contributed by atoms with Gasteiger partial charge in [-0.1, -0.05) is 25.1 Å². The van der Waals surface area contributed by atoms with E-state index in [0.717, 1.165) is 25.1 Å². The first-order valence-electron chi connectivity index (χ1n) is 6.69. The monoisotopic (exact) mass is 255 g/mol. The van der Waals surface area contributed by atoms with Crippen LogP contribution in [0.3, 0.4) is 0 Å². The fourth-order valence-electron chi connectivity index (χ4n) is 2.57. The number of benzene rings is 1. The molecule has 2 aromatic rings. The summed E-state index contributed by atoms with van der Waals surface area (Å²) in [5.74, 6) is 0.641. The molecule has 0 aliphatic carbocycles. The number of aryl methyl sites for hydroxylation is 1. The largest absolute Gasteiger partial charge is 0.374 e. The zero-order valence-corrected chi connectivity index (χ0v) is 11.0. The highest BCUT2D eigenvalue weighted by atomic mass is 16.1. The van der Waals surface area contributed by atoms with Crippen LogP contribution in [0.25, 0.3) is 0 Å². The van der Waals surface area contributed by atoms with Gasteiger partial charge in [0, 0.05) is 31.0 Å². The lowest BCUT2D eigenvalue weighted by molar-refractivity contribution is 0.0957. The molecule has 0 amide bonds. The number of nitrogens with zero attached hydrogens (tertiary/aromatic N) is 2. The number of Topliss-reactive ketones (excluding diaryl/α,β-unsaturated/α-hetero) is 1. The van der Waals surface area contributed by atoms with Crippen molar-refractivity contribution in [2.24, 2.45) is 0 Å². The fourth-order valence-corrected chi connectivity index (χ4v) is 2.57. The van der Waals surface area contributed by atoms with E-state index in [1.165, 1.54) is 5.56 Å². The molecule has 4 heteroatoms. The van der Waals surface area contributed by atoms with Gasteiger partial charge in [-0.2, -0.15) is 0 Å². The highest BCUT2D eigenvalue weighted by Crippen LogP contribution is 2.26. The lowest BCUT2D eigenvalue weighted by Gasteiger charge is -2.11. The normalized spacial score (nSPS) is 17.0. The lowest BCUT2D eigenvalue weighted by atomic mass is 10.1. The van der Waals surface area contributed by atoms with E-state index in [9.17, 15) is 4.79 Å². The molecule has 98 valence electrons. The van der Waals surface area contributed by atoms with Crippen molar-refractivity contribution in [2.45, 2.75) is 32.4 Å². The molecule has 1 atom stereocenters. The molecule has 19 heavy (non-hydrogen) atoms. The Balaban J connectivity index is 1.81. The van der Waals surface area contributed by atoms with Gasteiger partial charge < -0.3 is 9.88 Å². The Morgan fingerprint density at radius 1 is 1.47 bits per heavy atom. The summed E-state index contributed by atoms with van der Waals surface area (Å²) in [7, 11) is 0. The number of aromatic nitrogens is 2. The van der Waals surface area contributed by atoms with Crippen LogP contribution >= 0.6 is 0 Å². The van der Waals surface area contributed by atoms with E-state index in [-0.39, 0.29) is 11.8 Å². The van der Waals surface area contributed by atoms with Gasteiger partial charge >= 0.3 is 0 Å². The summed E-state index contributed by atoms with van der Waals surface area (Å²) in [6.07, 6.45) is 5.31.